The molecule has 2 aromatic rings. The van der Waals surface area contributed by atoms with Crippen LogP contribution in [-0.2, 0) is 4.79 Å². The van der Waals surface area contributed by atoms with Gasteiger partial charge in [-0.1, -0.05) is 6.07 Å². The van der Waals surface area contributed by atoms with E-state index in [4.69, 9.17) is 9.47 Å². The number of carboxylic acids is 1. The highest BCUT2D eigenvalue weighted by Gasteiger charge is 2.32. The first kappa shape index (κ1) is 22.9. The second-order valence-electron chi connectivity index (χ2n) is 6.38. The summed E-state index contributed by atoms with van der Waals surface area (Å²) in [5.41, 5.74) is 1.39. The van der Waals surface area contributed by atoms with Gasteiger partial charge in [-0.25, -0.2) is 9.79 Å². The van der Waals surface area contributed by atoms with E-state index in [1.165, 1.54) is 23.9 Å². The normalized spacial score (nSPS) is 16.3. The van der Waals surface area contributed by atoms with E-state index in [-0.39, 0.29) is 11.5 Å². The molecule has 1 fully saturated rings. The molecule has 2 aromatic carbocycles. The van der Waals surface area contributed by atoms with Gasteiger partial charge in [0.25, 0.3) is 5.91 Å². The van der Waals surface area contributed by atoms with Crippen LogP contribution in [0.5, 0.6) is 11.5 Å². The fraction of sp³-hybridized carbons (Fsp3) is 0.227. The summed E-state index contributed by atoms with van der Waals surface area (Å²) in [4.78, 5) is 30.7. The Kier molecular flexibility index (Phi) is 7.40. The van der Waals surface area contributed by atoms with Crippen molar-refractivity contribution in [3.63, 3.8) is 0 Å². The van der Waals surface area contributed by atoms with Gasteiger partial charge < -0.3 is 14.6 Å². The standard InChI is InChI=1S/C22H21BrN2O5S/c1-4-25-20(26)18(11-13-9-16(23)19(29-3)17(10-13)30-5-2)31-22(25)24-15-8-6-7-14(12-15)21(27)28/h6-12H,4-5H2,1-3H3,(H,27,28)/b18-11+,24-22?. The quantitative estimate of drug-likeness (QED) is 0.522. The highest BCUT2D eigenvalue weighted by atomic mass is 79.9. The van der Waals surface area contributed by atoms with Crippen LogP contribution in [0.4, 0.5) is 5.69 Å². The highest BCUT2D eigenvalue weighted by Crippen LogP contribution is 2.39. The van der Waals surface area contributed by atoms with Crippen molar-refractivity contribution < 1.29 is 24.2 Å². The molecule has 9 heteroatoms. The molecule has 1 aliphatic rings. The van der Waals surface area contributed by atoms with E-state index < -0.39 is 5.97 Å². The van der Waals surface area contributed by atoms with Crippen LogP contribution in [0.1, 0.15) is 29.8 Å². The summed E-state index contributed by atoms with van der Waals surface area (Å²) in [6.45, 7) is 4.67. The number of aromatic carboxylic acids is 1. The van der Waals surface area contributed by atoms with Gasteiger partial charge in [0.15, 0.2) is 16.7 Å². The molecule has 0 saturated carbocycles. The van der Waals surface area contributed by atoms with Crippen molar-refractivity contribution in [3.05, 3.63) is 56.9 Å². The van der Waals surface area contributed by atoms with Gasteiger partial charge in [-0.2, -0.15) is 0 Å². The summed E-state index contributed by atoms with van der Waals surface area (Å²) in [5.74, 6) is -0.0237. The minimum atomic E-state index is -1.03. The van der Waals surface area contributed by atoms with Crippen molar-refractivity contribution in [1.29, 1.82) is 0 Å². The molecule has 1 heterocycles. The predicted octanol–water partition coefficient (Wildman–Crippen LogP) is 5.18. The lowest BCUT2D eigenvalue weighted by Crippen LogP contribution is -2.28. The van der Waals surface area contributed by atoms with E-state index in [2.05, 4.69) is 20.9 Å². The van der Waals surface area contributed by atoms with E-state index in [9.17, 15) is 14.7 Å². The summed E-state index contributed by atoms with van der Waals surface area (Å²) in [5, 5.41) is 9.69. The van der Waals surface area contributed by atoms with E-state index in [1.54, 1.807) is 30.2 Å². The summed E-state index contributed by atoms with van der Waals surface area (Å²) in [7, 11) is 1.57. The molecule has 0 spiro atoms. The Hall–Kier alpha value is -2.78. The van der Waals surface area contributed by atoms with Crippen LogP contribution in [-0.4, -0.2) is 47.3 Å². The SMILES string of the molecule is CCOc1cc(/C=C2/SC(=Nc3cccc(C(=O)O)c3)N(CC)C2=O)cc(Br)c1OC. The molecule has 0 bridgehead atoms. The number of thioether (sulfide) groups is 1. The Morgan fingerprint density at radius 2 is 2.06 bits per heavy atom. The number of ether oxygens (including phenoxy) is 2. The molecule has 0 aromatic heterocycles. The van der Waals surface area contributed by atoms with Crippen molar-refractivity contribution in [2.45, 2.75) is 13.8 Å². The van der Waals surface area contributed by atoms with Crippen molar-refractivity contribution >= 4 is 56.5 Å². The molecular formula is C22H21BrN2O5S. The Bertz CT molecular complexity index is 1080. The number of amidine groups is 1. The number of benzene rings is 2. The summed E-state index contributed by atoms with van der Waals surface area (Å²) >= 11 is 4.73. The molecule has 1 amide bonds. The smallest absolute Gasteiger partial charge is 0.335 e. The lowest BCUT2D eigenvalue weighted by Gasteiger charge is -2.12. The first-order valence-corrected chi connectivity index (χ1v) is 11.1. The number of halogens is 1. The summed E-state index contributed by atoms with van der Waals surface area (Å²) < 4.78 is 11.8. The fourth-order valence-electron chi connectivity index (χ4n) is 2.97. The molecule has 0 unspecified atom stereocenters. The molecule has 1 N–H and O–H groups in total. The maximum atomic E-state index is 12.9. The number of methoxy groups -OCH3 is 1. The number of nitrogens with zero attached hydrogens (tertiary/aromatic N) is 2. The van der Waals surface area contributed by atoms with Gasteiger partial charge in [0.1, 0.15) is 0 Å². The number of hydrogen-bond donors (Lipinski definition) is 1. The van der Waals surface area contributed by atoms with Crippen molar-refractivity contribution in [1.82, 2.24) is 4.90 Å². The van der Waals surface area contributed by atoms with Gasteiger partial charge in [0, 0.05) is 6.54 Å². The zero-order valence-corrected chi connectivity index (χ0v) is 19.6. The maximum Gasteiger partial charge on any atom is 0.335 e. The van der Waals surface area contributed by atoms with Gasteiger partial charge in [-0.3, -0.25) is 9.69 Å². The second-order valence-corrected chi connectivity index (χ2v) is 8.24. The number of carboxylic acid groups (broad SMARTS) is 1. The Labute approximate surface area is 192 Å². The van der Waals surface area contributed by atoms with Gasteiger partial charge in [-0.05, 0) is 83.5 Å². The minimum Gasteiger partial charge on any atom is -0.492 e. The monoisotopic (exact) mass is 504 g/mol. The van der Waals surface area contributed by atoms with Crippen molar-refractivity contribution in [3.8, 4) is 11.5 Å². The number of rotatable bonds is 7. The third-order valence-corrected chi connectivity index (χ3v) is 5.95. The molecule has 3 rings (SSSR count). The summed E-state index contributed by atoms with van der Waals surface area (Å²) in [6, 6.07) is 9.97. The lowest BCUT2D eigenvalue weighted by atomic mass is 10.2. The topological polar surface area (TPSA) is 88.4 Å². The van der Waals surface area contributed by atoms with Crippen LogP contribution in [0.15, 0.2) is 50.8 Å². The minimum absolute atomic E-state index is 0.140. The van der Waals surface area contributed by atoms with E-state index >= 15 is 0 Å². The highest BCUT2D eigenvalue weighted by molar-refractivity contribution is 9.10. The first-order valence-electron chi connectivity index (χ1n) is 9.51. The van der Waals surface area contributed by atoms with Crippen LogP contribution >= 0.6 is 27.7 Å². The molecule has 0 radical (unpaired) electrons. The Morgan fingerprint density at radius 1 is 1.29 bits per heavy atom. The molecule has 0 aliphatic carbocycles. The zero-order valence-electron chi connectivity index (χ0n) is 17.2. The maximum absolute atomic E-state index is 12.9. The molecule has 1 saturated heterocycles. The van der Waals surface area contributed by atoms with Crippen LogP contribution in [0, 0.1) is 0 Å². The van der Waals surface area contributed by atoms with Crippen molar-refractivity contribution in [2.75, 3.05) is 20.3 Å². The molecular weight excluding hydrogens is 484 g/mol. The number of carbonyl (C=O) groups is 2. The first-order chi connectivity index (χ1) is 14.9. The van der Waals surface area contributed by atoms with Crippen LogP contribution in [0.3, 0.4) is 0 Å². The van der Waals surface area contributed by atoms with Crippen molar-refractivity contribution in [2.24, 2.45) is 4.99 Å². The van der Waals surface area contributed by atoms with E-state index in [0.29, 0.717) is 40.4 Å². The number of amides is 1. The largest absolute Gasteiger partial charge is 0.492 e. The lowest BCUT2D eigenvalue weighted by molar-refractivity contribution is -0.122. The van der Waals surface area contributed by atoms with Gasteiger partial charge >= 0.3 is 5.97 Å². The number of aliphatic imine (C=N–C) groups is 1. The molecule has 0 atom stereocenters. The molecule has 1 aliphatic heterocycles. The molecule has 31 heavy (non-hydrogen) atoms. The average molecular weight is 505 g/mol. The summed E-state index contributed by atoms with van der Waals surface area (Å²) in [6.07, 6.45) is 1.78. The zero-order chi connectivity index (χ0) is 22.5. The fourth-order valence-corrected chi connectivity index (χ4v) is 4.66. The Morgan fingerprint density at radius 3 is 2.71 bits per heavy atom. The second kappa shape index (κ2) is 10.0. The van der Waals surface area contributed by atoms with Gasteiger partial charge in [-0.15, -0.1) is 0 Å². The van der Waals surface area contributed by atoms with Crippen LogP contribution in [0.2, 0.25) is 0 Å². The number of hydrogen-bond acceptors (Lipinski definition) is 6. The van der Waals surface area contributed by atoms with E-state index in [1.807, 2.05) is 26.0 Å². The van der Waals surface area contributed by atoms with Gasteiger partial charge in [0.2, 0.25) is 0 Å². The third-order valence-electron chi connectivity index (χ3n) is 4.36. The third kappa shape index (κ3) is 5.11. The number of likely N-dealkylation sites (N-methyl/N-ethyl adjacent to an activating group) is 1. The number of carbonyl (C=O) groups excluding carboxylic acids is 1. The Balaban J connectivity index is 1.97. The average Bonchev–Trinajstić information content (AvgIpc) is 3.02. The predicted molar refractivity (Wildman–Crippen MR) is 125 cm³/mol. The van der Waals surface area contributed by atoms with Crippen LogP contribution < -0.4 is 9.47 Å². The van der Waals surface area contributed by atoms with Gasteiger partial charge in [0.05, 0.1) is 34.3 Å². The van der Waals surface area contributed by atoms with Crippen LogP contribution in [0.25, 0.3) is 6.08 Å². The molecule has 162 valence electrons. The molecule has 7 nitrogen and oxygen atoms in total. The van der Waals surface area contributed by atoms with E-state index in [0.717, 1.165) is 10.0 Å².